The quantitative estimate of drug-likeness (QED) is 0.601. The number of aliphatic hydroxyl groups is 1. The van der Waals surface area contributed by atoms with Gasteiger partial charge in [-0.1, -0.05) is 30.3 Å². The second-order valence-corrected chi connectivity index (χ2v) is 6.82. The SMILES string of the molecule is O=C(Cc1cc(F)cc(F)c1)N(O)[C@H](CN1CC[C@H](O)C1)c1ccccc1. The van der Waals surface area contributed by atoms with E-state index in [1.54, 1.807) is 24.3 Å². The average molecular weight is 376 g/mol. The first-order valence-electron chi connectivity index (χ1n) is 8.83. The molecule has 1 fully saturated rings. The molecule has 7 heteroatoms. The molecule has 0 radical (unpaired) electrons. The Bertz CT molecular complexity index is 768. The summed E-state index contributed by atoms with van der Waals surface area (Å²) in [5, 5.41) is 20.9. The molecule has 1 aliphatic heterocycles. The topological polar surface area (TPSA) is 64.0 Å². The molecule has 3 rings (SSSR count). The summed E-state index contributed by atoms with van der Waals surface area (Å²) in [5.74, 6) is -2.20. The number of carbonyl (C=O) groups is 1. The third kappa shape index (κ3) is 5.09. The lowest BCUT2D eigenvalue weighted by Crippen LogP contribution is -2.40. The summed E-state index contributed by atoms with van der Waals surface area (Å²) in [5.41, 5.74) is 0.889. The van der Waals surface area contributed by atoms with Gasteiger partial charge in [0, 0.05) is 25.7 Å². The standard InChI is InChI=1S/C20H22F2N2O3/c21-16-8-14(9-17(22)11-16)10-20(26)24(27)19(15-4-2-1-3-5-15)13-23-7-6-18(25)12-23/h1-5,8-9,11,18-19,25,27H,6-7,10,12-13H2/t18-,19+/m0/s1. The molecule has 0 unspecified atom stereocenters. The molecule has 0 aliphatic carbocycles. The number of hydroxylamine groups is 2. The smallest absolute Gasteiger partial charge is 0.250 e. The Morgan fingerprint density at radius 1 is 1.19 bits per heavy atom. The van der Waals surface area contributed by atoms with E-state index in [1.165, 1.54) is 0 Å². The average Bonchev–Trinajstić information content (AvgIpc) is 3.04. The van der Waals surface area contributed by atoms with Crippen molar-refractivity contribution in [2.45, 2.75) is 25.0 Å². The van der Waals surface area contributed by atoms with Crippen LogP contribution in [-0.4, -0.2) is 51.9 Å². The van der Waals surface area contributed by atoms with Crippen LogP contribution in [0.15, 0.2) is 48.5 Å². The van der Waals surface area contributed by atoms with Crippen LogP contribution in [0.25, 0.3) is 0 Å². The van der Waals surface area contributed by atoms with Gasteiger partial charge >= 0.3 is 0 Å². The van der Waals surface area contributed by atoms with Crippen molar-refractivity contribution < 1.29 is 23.9 Å². The zero-order valence-corrected chi connectivity index (χ0v) is 14.8. The van der Waals surface area contributed by atoms with Gasteiger partial charge in [-0.25, -0.2) is 13.8 Å². The first kappa shape index (κ1) is 19.4. The fourth-order valence-corrected chi connectivity index (χ4v) is 3.36. The van der Waals surface area contributed by atoms with Crippen molar-refractivity contribution in [1.29, 1.82) is 0 Å². The number of β-amino-alcohol motifs (C(OH)–C–C–N with tert-alkyl or cyclic N) is 1. The third-order valence-electron chi connectivity index (χ3n) is 4.69. The molecule has 1 aliphatic rings. The first-order valence-corrected chi connectivity index (χ1v) is 8.83. The molecule has 27 heavy (non-hydrogen) atoms. The summed E-state index contributed by atoms with van der Waals surface area (Å²) in [6.45, 7) is 1.49. The molecule has 0 bridgehead atoms. The van der Waals surface area contributed by atoms with Gasteiger partial charge in [0.05, 0.1) is 18.6 Å². The highest BCUT2D eigenvalue weighted by molar-refractivity contribution is 5.78. The Morgan fingerprint density at radius 3 is 2.44 bits per heavy atom. The zero-order chi connectivity index (χ0) is 19.4. The summed E-state index contributed by atoms with van der Waals surface area (Å²) in [6.07, 6.45) is -0.0971. The van der Waals surface area contributed by atoms with Crippen LogP contribution >= 0.6 is 0 Å². The number of hydrogen-bond acceptors (Lipinski definition) is 4. The number of halogens is 2. The van der Waals surface area contributed by atoms with Gasteiger partial charge < -0.3 is 5.11 Å². The largest absolute Gasteiger partial charge is 0.392 e. The molecule has 2 atom stereocenters. The van der Waals surface area contributed by atoms with Crippen LogP contribution < -0.4 is 0 Å². The summed E-state index contributed by atoms with van der Waals surface area (Å²) in [6, 6.07) is 11.3. The Balaban J connectivity index is 1.76. The molecule has 2 aromatic rings. The van der Waals surface area contributed by atoms with Crippen LogP contribution in [0.2, 0.25) is 0 Å². The molecule has 5 nitrogen and oxygen atoms in total. The van der Waals surface area contributed by atoms with Crippen molar-refractivity contribution in [2.24, 2.45) is 0 Å². The maximum Gasteiger partial charge on any atom is 0.250 e. The van der Waals surface area contributed by atoms with Crippen molar-refractivity contribution in [3.05, 3.63) is 71.3 Å². The molecular weight excluding hydrogens is 354 g/mol. The number of benzene rings is 2. The van der Waals surface area contributed by atoms with Gasteiger partial charge in [-0.3, -0.25) is 14.9 Å². The molecule has 144 valence electrons. The van der Waals surface area contributed by atoms with E-state index in [-0.39, 0.29) is 12.0 Å². The number of rotatable bonds is 6. The van der Waals surface area contributed by atoms with Gasteiger partial charge in [-0.2, -0.15) is 0 Å². The predicted molar refractivity (Wildman–Crippen MR) is 94.9 cm³/mol. The molecule has 2 N–H and O–H groups in total. The summed E-state index contributed by atoms with van der Waals surface area (Å²) in [7, 11) is 0. The van der Waals surface area contributed by atoms with Crippen LogP contribution in [0.1, 0.15) is 23.6 Å². The monoisotopic (exact) mass is 376 g/mol. The molecule has 2 aromatic carbocycles. The Labute approximate surface area is 156 Å². The van der Waals surface area contributed by atoms with Crippen molar-refractivity contribution in [3.63, 3.8) is 0 Å². The summed E-state index contributed by atoms with van der Waals surface area (Å²) < 4.78 is 26.7. The fourth-order valence-electron chi connectivity index (χ4n) is 3.36. The van der Waals surface area contributed by atoms with Gasteiger partial charge in [-0.15, -0.1) is 0 Å². The normalized spacial score (nSPS) is 18.4. The van der Waals surface area contributed by atoms with Crippen molar-refractivity contribution in [1.82, 2.24) is 9.96 Å². The number of carbonyl (C=O) groups excluding carboxylic acids is 1. The molecular formula is C20H22F2N2O3. The van der Waals surface area contributed by atoms with Crippen LogP contribution in [-0.2, 0) is 11.2 Å². The van der Waals surface area contributed by atoms with Gasteiger partial charge in [0.15, 0.2) is 0 Å². The molecule has 0 aromatic heterocycles. The highest BCUT2D eigenvalue weighted by atomic mass is 19.1. The lowest BCUT2D eigenvalue weighted by molar-refractivity contribution is -0.177. The van der Waals surface area contributed by atoms with Gasteiger partial charge in [0.2, 0.25) is 0 Å². The van der Waals surface area contributed by atoms with Crippen LogP contribution in [0.5, 0.6) is 0 Å². The van der Waals surface area contributed by atoms with Crippen molar-refractivity contribution >= 4 is 5.91 Å². The second kappa shape index (κ2) is 8.56. The number of hydrogen-bond donors (Lipinski definition) is 2. The molecule has 1 heterocycles. The van der Waals surface area contributed by atoms with Gasteiger partial charge in [0.1, 0.15) is 11.6 Å². The zero-order valence-electron chi connectivity index (χ0n) is 14.8. The van der Waals surface area contributed by atoms with Crippen LogP contribution in [0, 0.1) is 11.6 Å². The van der Waals surface area contributed by atoms with Crippen molar-refractivity contribution in [3.8, 4) is 0 Å². The summed E-state index contributed by atoms with van der Waals surface area (Å²) >= 11 is 0. The minimum absolute atomic E-state index is 0.153. The van der Waals surface area contributed by atoms with E-state index < -0.39 is 29.7 Å². The van der Waals surface area contributed by atoms with Gasteiger partial charge in [-0.05, 0) is 29.7 Å². The van der Waals surface area contributed by atoms with E-state index in [1.807, 2.05) is 11.0 Å². The van der Waals surface area contributed by atoms with E-state index in [0.29, 0.717) is 31.1 Å². The summed E-state index contributed by atoms with van der Waals surface area (Å²) in [4.78, 5) is 14.5. The molecule has 1 amide bonds. The maximum atomic E-state index is 13.4. The third-order valence-corrected chi connectivity index (χ3v) is 4.69. The number of aliphatic hydroxyl groups excluding tert-OH is 1. The Kier molecular flexibility index (Phi) is 6.15. The highest BCUT2D eigenvalue weighted by Gasteiger charge is 2.29. The first-order chi connectivity index (χ1) is 12.9. The van der Waals surface area contributed by atoms with Crippen LogP contribution in [0.3, 0.4) is 0 Å². The Morgan fingerprint density at radius 2 is 1.85 bits per heavy atom. The lowest BCUT2D eigenvalue weighted by atomic mass is 10.0. The van der Waals surface area contributed by atoms with E-state index in [9.17, 15) is 23.9 Å². The fraction of sp³-hybridized carbons (Fsp3) is 0.350. The van der Waals surface area contributed by atoms with E-state index in [4.69, 9.17) is 0 Å². The highest BCUT2D eigenvalue weighted by Crippen LogP contribution is 2.24. The Hall–Kier alpha value is -2.35. The van der Waals surface area contributed by atoms with E-state index in [0.717, 1.165) is 23.8 Å². The maximum absolute atomic E-state index is 13.4. The number of amides is 1. The number of likely N-dealkylation sites (tertiary alicyclic amines) is 1. The minimum Gasteiger partial charge on any atom is -0.392 e. The van der Waals surface area contributed by atoms with E-state index in [2.05, 4.69) is 0 Å². The number of nitrogens with zero attached hydrogens (tertiary/aromatic N) is 2. The van der Waals surface area contributed by atoms with Crippen LogP contribution in [0.4, 0.5) is 8.78 Å². The molecule has 1 saturated heterocycles. The predicted octanol–water partition coefficient (Wildman–Crippen LogP) is 2.53. The lowest BCUT2D eigenvalue weighted by Gasteiger charge is -2.30. The second-order valence-electron chi connectivity index (χ2n) is 6.82. The minimum atomic E-state index is -0.770. The van der Waals surface area contributed by atoms with E-state index >= 15 is 0 Å². The van der Waals surface area contributed by atoms with Gasteiger partial charge in [0.25, 0.3) is 5.91 Å². The molecule has 0 spiro atoms. The van der Waals surface area contributed by atoms with Crippen molar-refractivity contribution in [2.75, 3.05) is 19.6 Å². The molecule has 0 saturated carbocycles.